The molecule has 0 aliphatic carbocycles. The highest BCUT2D eigenvalue weighted by Crippen LogP contribution is 2.27. The maximum Gasteiger partial charge on any atom is 0.254 e. The minimum atomic E-state index is -0.0406. The molecule has 1 aromatic carbocycles. The van der Waals surface area contributed by atoms with Crippen LogP contribution in [0.4, 0.5) is 0 Å². The van der Waals surface area contributed by atoms with Crippen molar-refractivity contribution >= 4 is 5.91 Å². The minimum Gasteiger partial charge on any atom is -0.496 e. The van der Waals surface area contributed by atoms with Gasteiger partial charge in [-0.15, -0.1) is 0 Å². The number of nitrogens with one attached hydrogen (secondary N) is 1. The molecule has 1 fully saturated rings. The van der Waals surface area contributed by atoms with Gasteiger partial charge < -0.3 is 19.4 Å². The first kappa shape index (κ1) is 21.5. The average molecular weight is 427 g/mol. The summed E-state index contributed by atoms with van der Waals surface area (Å²) >= 11 is 0. The van der Waals surface area contributed by atoms with Crippen LogP contribution in [0.3, 0.4) is 0 Å². The standard InChI is InChI=1S/C23H30N4O4/c1-30-12-9-21(28)27-11-7-17(14-27)22-24-19-15-26(10-8-18(19)23(29)25-22)13-16-5-3-4-6-20(16)31-2/h3-6,17H,7-15H2,1-2H3,(H,24,25,29)/t17-/m0/s1. The zero-order chi connectivity index (χ0) is 21.8. The number of aromatic nitrogens is 2. The molecule has 2 aliphatic rings. The fourth-order valence-corrected chi connectivity index (χ4v) is 4.47. The molecule has 8 heteroatoms. The van der Waals surface area contributed by atoms with Crippen molar-refractivity contribution in [2.45, 2.75) is 38.3 Å². The summed E-state index contributed by atoms with van der Waals surface area (Å²) in [5.41, 5.74) is 2.72. The molecule has 3 heterocycles. The number of amides is 1. The number of ether oxygens (including phenoxy) is 2. The lowest BCUT2D eigenvalue weighted by Gasteiger charge is -2.28. The van der Waals surface area contributed by atoms with Gasteiger partial charge in [0.25, 0.3) is 5.56 Å². The predicted molar refractivity (Wildman–Crippen MR) is 116 cm³/mol. The summed E-state index contributed by atoms with van der Waals surface area (Å²) in [7, 11) is 3.28. The van der Waals surface area contributed by atoms with E-state index in [0.717, 1.165) is 42.1 Å². The third kappa shape index (κ3) is 4.80. The molecule has 0 saturated carbocycles. The normalized spacial score (nSPS) is 18.8. The number of carbonyl (C=O) groups excluding carboxylic acids is 1. The monoisotopic (exact) mass is 426 g/mol. The molecule has 1 saturated heterocycles. The van der Waals surface area contributed by atoms with Crippen molar-refractivity contribution in [2.75, 3.05) is 40.5 Å². The van der Waals surface area contributed by atoms with Crippen molar-refractivity contribution in [3.8, 4) is 5.75 Å². The van der Waals surface area contributed by atoms with Crippen molar-refractivity contribution in [1.82, 2.24) is 19.8 Å². The fraction of sp³-hybridized carbons (Fsp3) is 0.522. The van der Waals surface area contributed by atoms with Gasteiger partial charge in [-0.3, -0.25) is 14.5 Å². The van der Waals surface area contributed by atoms with Crippen molar-refractivity contribution < 1.29 is 14.3 Å². The maximum absolute atomic E-state index is 12.7. The third-order valence-corrected chi connectivity index (χ3v) is 6.21. The number of benzene rings is 1. The Bertz CT molecular complexity index is 990. The topological polar surface area (TPSA) is 87.8 Å². The van der Waals surface area contributed by atoms with E-state index < -0.39 is 0 Å². The molecule has 0 bridgehead atoms. The van der Waals surface area contributed by atoms with E-state index in [2.05, 4.69) is 16.0 Å². The molecular weight excluding hydrogens is 396 g/mol. The summed E-state index contributed by atoms with van der Waals surface area (Å²) in [5.74, 6) is 1.73. The van der Waals surface area contributed by atoms with E-state index in [4.69, 9.17) is 14.5 Å². The average Bonchev–Trinajstić information content (AvgIpc) is 3.28. The Labute approximate surface area is 182 Å². The number of H-pyrrole nitrogens is 1. The molecule has 8 nitrogen and oxygen atoms in total. The SMILES string of the molecule is COCCC(=O)N1CC[C@H](c2nc3c(c(=O)[nH]2)CCN(Cc2ccccc2OC)C3)C1. The number of methoxy groups -OCH3 is 2. The number of fused-ring (bicyclic) bond motifs is 1. The van der Waals surface area contributed by atoms with Crippen LogP contribution in [0.15, 0.2) is 29.1 Å². The molecule has 0 spiro atoms. The summed E-state index contributed by atoms with van der Waals surface area (Å²) < 4.78 is 10.5. The van der Waals surface area contributed by atoms with Crippen LogP contribution in [0.25, 0.3) is 0 Å². The molecule has 1 atom stereocenters. The number of para-hydroxylation sites is 1. The lowest BCUT2D eigenvalue weighted by atomic mass is 10.0. The van der Waals surface area contributed by atoms with E-state index in [0.29, 0.717) is 44.9 Å². The van der Waals surface area contributed by atoms with Gasteiger partial charge in [0.1, 0.15) is 11.6 Å². The smallest absolute Gasteiger partial charge is 0.254 e. The third-order valence-electron chi connectivity index (χ3n) is 6.21. The summed E-state index contributed by atoms with van der Waals surface area (Å²) in [6, 6.07) is 8.01. The van der Waals surface area contributed by atoms with Gasteiger partial charge in [-0.1, -0.05) is 18.2 Å². The Morgan fingerprint density at radius 3 is 2.90 bits per heavy atom. The quantitative estimate of drug-likeness (QED) is 0.725. The Balaban J connectivity index is 1.47. The Morgan fingerprint density at radius 1 is 1.26 bits per heavy atom. The van der Waals surface area contributed by atoms with Crippen molar-refractivity contribution in [3.05, 3.63) is 57.3 Å². The van der Waals surface area contributed by atoms with Crippen LogP contribution in [0.5, 0.6) is 5.75 Å². The summed E-state index contributed by atoms with van der Waals surface area (Å²) in [5, 5.41) is 0. The van der Waals surface area contributed by atoms with Gasteiger partial charge in [-0.25, -0.2) is 4.98 Å². The molecule has 2 aliphatic heterocycles. The fourth-order valence-electron chi connectivity index (χ4n) is 4.47. The highest BCUT2D eigenvalue weighted by molar-refractivity contribution is 5.76. The van der Waals surface area contributed by atoms with E-state index >= 15 is 0 Å². The van der Waals surface area contributed by atoms with Crippen LogP contribution >= 0.6 is 0 Å². The molecule has 1 amide bonds. The predicted octanol–water partition coefficient (Wildman–Crippen LogP) is 1.69. The van der Waals surface area contributed by atoms with Crippen LogP contribution in [0, 0.1) is 0 Å². The number of hydrogen-bond donors (Lipinski definition) is 1. The second kappa shape index (κ2) is 9.62. The lowest BCUT2D eigenvalue weighted by molar-refractivity contribution is -0.131. The van der Waals surface area contributed by atoms with Crippen molar-refractivity contribution in [3.63, 3.8) is 0 Å². The molecule has 0 unspecified atom stereocenters. The number of likely N-dealkylation sites (tertiary alicyclic amines) is 1. The zero-order valence-electron chi connectivity index (χ0n) is 18.2. The van der Waals surface area contributed by atoms with Gasteiger partial charge in [0.15, 0.2) is 0 Å². The van der Waals surface area contributed by atoms with E-state index in [9.17, 15) is 9.59 Å². The maximum atomic E-state index is 12.7. The minimum absolute atomic E-state index is 0.0406. The molecule has 1 N–H and O–H groups in total. The Morgan fingerprint density at radius 2 is 2.10 bits per heavy atom. The van der Waals surface area contributed by atoms with E-state index in [1.165, 1.54) is 0 Å². The van der Waals surface area contributed by atoms with Crippen LogP contribution in [0.1, 0.15) is 41.4 Å². The number of rotatable bonds is 7. The number of nitrogens with zero attached hydrogens (tertiary/aromatic N) is 3. The van der Waals surface area contributed by atoms with Crippen LogP contribution in [-0.2, 0) is 29.0 Å². The highest BCUT2D eigenvalue weighted by Gasteiger charge is 2.30. The summed E-state index contributed by atoms with van der Waals surface area (Å²) in [4.78, 5) is 37.0. The number of hydrogen-bond acceptors (Lipinski definition) is 6. The first-order chi connectivity index (χ1) is 15.1. The van der Waals surface area contributed by atoms with Crippen LogP contribution in [0.2, 0.25) is 0 Å². The molecule has 1 aromatic heterocycles. The number of carbonyl (C=O) groups is 1. The van der Waals surface area contributed by atoms with Gasteiger partial charge in [0, 0.05) is 56.9 Å². The first-order valence-corrected chi connectivity index (χ1v) is 10.8. The molecule has 2 aromatic rings. The zero-order valence-corrected chi connectivity index (χ0v) is 18.2. The van der Waals surface area contributed by atoms with Gasteiger partial charge >= 0.3 is 0 Å². The van der Waals surface area contributed by atoms with Gasteiger partial charge in [0.05, 0.1) is 25.8 Å². The Kier molecular flexibility index (Phi) is 6.67. The van der Waals surface area contributed by atoms with Gasteiger partial charge in [0.2, 0.25) is 5.91 Å². The molecule has 4 rings (SSSR count). The lowest BCUT2D eigenvalue weighted by Crippen LogP contribution is -2.36. The first-order valence-electron chi connectivity index (χ1n) is 10.8. The largest absolute Gasteiger partial charge is 0.496 e. The molecular formula is C23H30N4O4. The second-order valence-electron chi connectivity index (χ2n) is 8.22. The van der Waals surface area contributed by atoms with Crippen molar-refractivity contribution in [1.29, 1.82) is 0 Å². The second-order valence-corrected chi connectivity index (χ2v) is 8.22. The van der Waals surface area contributed by atoms with E-state index in [1.807, 2.05) is 23.1 Å². The Hall–Kier alpha value is -2.71. The molecule has 166 valence electrons. The van der Waals surface area contributed by atoms with Crippen molar-refractivity contribution in [2.24, 2.45) is 0 Å². The molecule has 31 heavy (non-hydrogen) atoms. The highest BCUT2D eigenvalue weighted by atomic mass is 16.5. The van der Waals surface area contributed by atoms with Crippen LogP contribution in [-0.4, -0.2) is 66.1 Å². The van der Waals surface area contributed by atoms with E-state index in [-0.39, 0.29) is 17.4 Å². The van der Waals surface area contributed by atoms with Gasteiger partial charge in [-0.05, 0) is 18.9 Å². The summed E-state index contributed by atoms with van der Waals surface area (Å²) in [6.45, 7) is 3.89. The molecule has 0 radical (unpaired) electrons. The van der Waals surface area contributed by atoms with Gasteiger partial charge in [-0.2, -0.15) is 0 Å². The van der Waals surface area contributed by atoms with Crippen LogP contribution < -0.4 is 10.3 Å². The van der Waals surface area contributed by atoms with E-state index in [1.54, 1.807) is 14.2 Å². The number of aromatic amines is 1. The summed E-state index contributed by atoms with van der Waals surface area (Å²) in [6.07, 6.45) is 1.88.